The zero-order valence-electron chi connectivity index (χ0n) is 8.02. The lowest BCUT2D eigenvalue weighted by molar-refractivity contribution is 0.682. The second-order valence-corrected chi connectivity index (χ2v) is 4.24. The van der Waals surface area contributed by atoms with Crippen molar-refractivity contribution in [2.24, 2.45) is 0 Å². The highest BCUT2D eigenvalue weighted by atomic mass is 35.5. The van der Waals surface area contributed by atoms with Crippen LogP contribution in [0.1, 0.15) is 30.4 Å². The van der Waals surface area contributed by atoms with Gasteiger partial charge < -0.3 is 5.32 Å². The molecule has 0 amide bonds. The van der Waals surface area contributed by atoms with Crippen molar-refractivity contribution in [1.29, 1.82) is 0 Å². The number of aryl methyl sites for hydroxylation is 1. The summed E-state index contributed by atoms with van der Waals surface area (Å²) in [6.07, 6.45) is 1.20. The third kappa shape index (κ3) is 1.53. The zero-order chi connectivity index (χ0) is 9.42. The Morgan fingerprint density at radius 1 is 1.46 bits per heavy atom. The van der Waals surface area contributed by atoms with E-state index < -0.39 is 0 Å². The molecule has 0 aromatic heterocycles. The molecule has 0 bridgehead atoms. The highest BCUT2D eigenvalue weighted by molar-refractivity contribution is 6.30. The van der Waals surface area contributed by atoms with Gasteiger partial charge in [-0.2, -0.15) is 0 Å². The lowest BCUT2D eigenvalue weighted by Gasteiger charge is -2.25. The maximum Gasteiger partial charge on any atom is 0.0412 e. The molecule has 0 fully saturated rings. The number of hydrogen-bond donors (Lipinski definition) is 1. The summed E-state index contributed by atoms with van der Waals surface area (Å²) in [5.41, 5.74) is 3.92. The van der Waals surface area contributed by atoms with Crippen molar-refractivity contribution in [2.75, 3.05) is 11.9 Å². The number of fused-ring (bicyclic) bond motifs is 1. The molecule has 2 heteroatoms. The Bertz CT molecular complexity index is 333. The van der Waals surface area contributed by atoms with Crippen LogP contribution in [0.25, 0.3) is 0 Å². The highest BCUT2D eigenvalue weighted by Gasteiger charge is 2.17. The maximum atomic E-state index is 6.02. The summed E-state index contributed by atoms with van der Waals surface area (Å²) in [5, 5.41) is 4.28. The second kappa shape index (κ2) is 3.22. The Morgan fingerprint density at radius 3 is 3.00 bits per heavy atom. The van der Waals surface area contributed by atoms with Crippen molar-refractivity contribution >= 4 is 17.3 Å². The minimum absolute atomic E-state index is 0.633. The van der Waals surface area contributed by atoms with Crippen LogP contribution in [0, 0.1) is 6.92 Å². The van der Waals surface area contributed by atoms with Gasteiger partial charge in [0.1, 0.15) is 0 Å². The summed E-state index contributed by atoms with van der Waals surface area (Å²) in [7, 11) is 0. The van der Waals surface area contributed by atoms with Crippen molar-refractivity contribution < 1.29 is 0 Å². The predicted octanol–water partition coefficient (Wildman–Crippen LogP) is 3.57. The summed E-state index contributed by atoms with van der Waals surface area (Å²) in [5.74, 6) is 0.633. The molecule has 1 nitrogen and oxygen atoms in total. The topological polar surface area (TPSA) is 12.0 Å². The van der Waals surface area contributed by atoms with E-state index >= 15 is 0 Å². The van der Waals surface area contributed by atoms with Gasteiger partial charge in [0, 0.05) is 17.3 Å². The fourth-order valence-electron chi connectivity index (χ4n) is 1.97. The lowest BCUT2D eigenvalue weighted by Crippen LogP contribution is -2.15. The Labute approximate surface area is 84.1 Å². The summed E-state index contributed by atoms with van der Waals surface area (Å²) >= 11 is 6.02. The van der Waals surface area contributed by atoms with Crippen LogP contribution >= 0.6 is 11.6 Å². The van der Waals surface area contributed by atoms with Gasteiger partial charge >= 0.3 is 0 Å². The summed E-state index contributed by atoms with van der Waals surface area (Å²) in [6.45, 7) is 5.45. The van der Waals surface area contributed by atoms with Gasteiger partial charge in [-0.25, -0.2) is 0 Å². The summed E-state index contributed by atoms with van der Waals surface area (Å²) in [4.78, 5) is 0. The molecule has 1 aromatic carbocycles. The number of anilines is 1. The molecule has 13 heavy (non-hydrogen) atoms. The third-order valence-electron chi connectivity index (χ3n) is 2.74. The number of benzene rings is 1. The second-order valence-electron chi connectivity index (χ2n) is 3.80. The summed E-state index contributed by atoms with van der Waals surface area (Å²) in [6, 6.07) is 4.10. The number of hydrogen-bond acceptors (Lipinski definition) is 1. The smallest absolute Gasteiger partial charge is 0.0412 e. The van der Waals surface area contributed by atoms with Gasteiger partial charge in [-0.05, 0) is 42.5 Å². The molecular formula is C11H14ClN. The normalized spacial score (nSPS) is 20.7. The van der Waals surface area contributed by atoms with E-state index in [0.29, 0.717) is 5.92 Å². The van der Waals surface area contributed by atoms with Gasteiger partial charge in [-0.1, -0.05) is 18.5 Å². The van der Waals surface area contributed by atoms with Crippen molar-refractivity contribution in [3.8, 4) is 0 Å². The molecule has 0 radical (unpaired) electrons. The van der Waals surface area contributed by atoms with E-state index in [9.17, 15) is 0 Å². The molecule has 70 valence electrons. The first-order valence-electron chi connectivity index (χ1n) is 4.72. The minimum atomic E-state index is 0.633. The van der Waals surface area contributed by atoms with E-state index in [-0.39, 0.29) is 0 Å². The first-order valence-corrected chi connectivity index (χ1v) is 5.10. The van der Waals surface area contributed by atoms with E-state index in [1.807, 2.05) is 6.07 Å². The fraction of sp³-hybridized carbons (Fsp3) is 0.455. The van der Waals surface area contributed by atoms with Crippen molar-refractivity contribution in [2.45, 2.75) is 26.2 Å². The molecule has 0 saturated heterocycles. The van der Waals surface area contributed by atoms with Crippen LogP contribution in [0.5, 0.6) is 0 Å². The van der Waals surface area contributed by atoms with Gasteiger partial charge in [0.25, 0.3) is 0 Å². The zero-order valence-corrected chi connectivity index (χ0v) is 8.78. The standard InChI is InChI=1S/C11H14ClN/c1-7-3-4-13-11-8(2)5-9(12)6-10(7)11/h5-7,13H,3-4H2,1-2H3. The summed E-state index contributed by atoms with van der Waals surface area (Å²) < 4.78 is 0. The molecular weight excluding hydrogens is 182 g/mol. The van der Waals surface area contributed by atoms with Gasteiger partial charge in [0.2, 0.25) is 0 Å². The molecule has 1 heterocycles. The van der Waals surface area contributed by atoms with Crippen LogP contribution in [0.15, 0.2) is 12.1 Å². The van der Waals surface area contributed by atoms with Crippen LogP contribution in [-0.2, 0) is 0 Å². The highest BCUT2D eigenvalue weighted by Crippen LogP contribution is 2.35. The van der Waals surface area contributed by atoms with E-state index in [1.54, 1.807) is 0 Å². The molecule has 1 unspecified atom stereocenters. The van der Waals surface area contributed by atoms with Crippen LogP contribution in [-0.4, -0.2) is 6.54 Å². The molecule has 0 saturated carbocycles. The number of halogens is 1. The Kier molecular flexibility index (Phi) is 2.20. The quantitative estimate of drug-likeness (QED) is 0.668. The fourth-order valence-corrected chi connectivity index (χ4v) is 2.25. The molecule has 1 aromatic rings. The first-order chi connectivity index (χ1) is 6.18. The molecule has 1 atom stereocenters. The largest absolute Gasteiger partial charge is 0.385 e. The van der Waals surface area contributed by atoms with Gasteiger partial charge in [0.05, 0.1) is 0 Å². The van der Waals surface area contributed by atoms with Crippen LogP contribution < -0.4 is 5.32 Å². The van der Waals surface area contributed by atoms with Crippen LogP contribution in [0.2, 0.25) is 5.02 Å². The Morgan fingerprint density at radius 2 is 2.23 bits per heavy atom. The SMILES string of the molecule is Cc1cc(Cl)cc2c1NCCC2C. The third-order valence-corrected chi connectivity index (χ3v) is 2.96. The number of nitrogens with one attached hydrogen (secondary N) is 1. The van der Waals surface area contributed by atoms with Crippen molar-refractivity contribution in [3.63, 3.8) is 0 Å². The monoisotopic (exact) mass is 195 g/mol. The van der Waals surface area contributed by atoms with Gasteiger partial charge in [0.15, 0.2) is 0 Å². The van der Waals surface area contributed by atoms with E-state index in [0.717, 1.165) is 11.6 Å². The molecule has 2 rings (SSSR count). The first kappa shape index (κ1) is 8.89. The van der Waals surface area contributed by atoms with E-state index in [1.165, 1.54) is 23.2 Å². The van der Waals surface area contributed by atoms with E-state index in [2.05, 4.69) is 25.2 Å². The Hall–Kier alpha value is -0.690. The molecule has 1 aliphatic rings. The maximum absolute atomic E-state index is 6.02. The van der Waals surface area contributed by atoms with Gasteiger partial charge in [-0.15, -0.1) is 0 Å². The predicted molar refractivity (Wildman–Crippen MR) is 57.7 cm³/mol. The number of rotatable bonds is 0. The van der Waals surface area contributed by atoms with Crippen LogP contribution in [0.3, 0.4) is 0 Å². The Balaban J connectivity index is 2.56. The molecule has 0 aliphatic carbocycles. The molecule has 1 N–H and O–H groups in total. The van der Waals surface area contributed by atoms with Crippen LogP contribution in [0.4, 0.5) is 5.69 Å². The van der Waals surface area contributed by atoms with E-state index in [4.69, 9.17) is 11.6 Å². The van der Waals surface area contributed by atoms with Crippen molar-refractivity contribution in [1.82, 2.24) is 0 Å². The van der Waals surface area contributed by atoms with Crippen molar-refractivity contribution in [3.05, 3.63) is 28.3 Å². The molecule has 0 spiro atoms. The average Bonchev–Trinajstić information content (AvgIpc) is 2.07. The lowest BCUT2D eigenvalue weighted by atomic mass is 9.91. The minimum Gasteiger partial charge on any atom is -0.385 e. The average molecular weight is 196 g/mol. The van der Waals surface area contributed by atoms with Gasteiger partial charge in [-0.3, -0.25) is 0 Å². The molecule has 1 aliphatic heterocycles.